The van der Waals surface area contributed by atoms with E-state index in [1.54, 1.807) is 12.1 Å². The number of rotatable bonds is 4. The van der Waals surface area contributed by atoms with Gasteiger partial charge in [-0.15, -0.1) is 0 Å². The predicted molar refractivity (Wildman–Crippen MR) is 63.0 cm³/mol. The van der Waals surface area contributed by atoms with Crippen LogP contribution in [0.4, 0.5) is 0 Å². The van der Waals surface area contributed by atoms with Crippen LogP contribution in [0.25, 0.3) is 0 Å². The molecule has 1 aromatic carbocycles. The fourth-order valence-corrected chi connectivity index (χ4v) is 2.44. The molecule has 0 aliphatic heterocycles. The lowest BCUT2D eigenvalue weighted by Crippen LogP contribution is -2.06. The van der Waals surface area contributed by atoms with Gasteiger partial charge in [0.15, 0.2) is 0 Å². The van der Waals surface area contributed by atoms with Crippen molar-refractivity contribution in [1.82, 2.24) is 0 Å². The van der Waals surface area contributed by atoms with Crippen molar-refractivity contribution in [3.63, 3.8) is 0 Å². The van der Waals surface area contributed by atoms with E-state index in [1.807, 2.05) is 12.1 Å². The van der Waals surface area contributed by atoms with Crippen LogP contribution in [0.5, 0.6) is 5.75 Å². The summed E-state index contributed by atoms with van der Waals surface area (Å²) in [5.41, 5.74) is 0.803. The van der Waals surface area contributed by atoms with Gasteiger partial charge in [0, 0.05) is 0 Å². The van der Waals surface area contributed by atoms with E-state index in [4.69, 9.17) is 0 Å². The highest BCUT2D eigenvalue weighted by Crippen LogP contribution is 2.56. The second-order valence-electron chi connectivity index (χ2n) is 4.67. The van der Waals surface area contributed by atoms with Crippen LogP contribution in [0.3, 0.4) is 0 Å². The van der Waals surface area contributed by atoms with Crippen molar-refractivity contribution in [2.24, 2.45) is 5.92 Å². The smallest absolute Gasteiger partial charge is 0.115 e. The lowest BCUT2D eigenvalue weighted by molar-refractivity contribution is 0.475. The summed E-state index contributed by atoms with van der Waals surface area (Å²) in [6, 6.07) is 9.56. The minimum absolute atomic E-state index is 0.261. The number of benzene rings is 1. The Bertz CT molecular complexity index is 404. The Labute approximate surface area is 96.5 Å². The van der Waals surface area contributed by atoms with Crippen LogP contribution in [-0.2, 0) is 5.41 Å². The summed E-state index contributed by atoms with van der Waals surface area (Å²) < 4.78 is 0. The highest BCUT2D eigenvalue weighted by atomic mass is 16.3. The zero-order valence-electron chi connectivity index (χ0n) is 9.61. The molecule has 1 N–H and O–H groups in total. The standard InChI is InChI=1S/C14H17NO/c1-2-3-4-12-9-14(12,10-15)11-5-7-13(16)8-6-11/h5-8,12,16H,2-4,9H2,1H3/t12-,14+/m0/s1. The maximum atomic E-state index is 9.34. The van der Waals surface area contributed by atoms with E-state index in [1.165, 1.54) is 12.8 Å². The van der Waals surface area contributed by atoms with E-state index in [2.05, 4.69) is 13.0 Å². The van der Waals surface area contributed by atoms with Crippen molar-refractivity contribution in [2.75, 3.05) is 0 Å². The lowest BCUT2D eigenvalue weighted by Gasteiger charge is -2.09. The van der Waals surface area contributed by atoms with Crippen LogP contribution in [0.1, 0.15) is 38.2 Å². The van der Waals surface area contributed by atoms with Crippen LogP contribution in [-0.4, -0.2) is 5.11 Å². The van der Waals surface area contributed by atoms with Crippen LogP contribution < -0.4 is 0 Å². The quantitative estimate of drug-likeness (QED) is 0.836. The lowest BCUT2D eigenvalue weighted by atomic mass is 9.93. The van der Waals surface area contributed by atoms with Crippen molar-refractivity contribution >= 4 is 0 Å². The Hall–Kier alpha value is -1.49. The summed E-state index contributed by atoms with van der Waals surface area (Å²) in [6.45, 7) is 2.18. The van der Waals surface area contributed by atoms with Crippen molar-refractivity contribution in [3.05, 3.63) is 29.8 Å². The van der Waals surface area contributed by atoms with E-state index in [0.717, 1.165) is 18.4 Å². The van der Waals surface area contributed by atoms with Gasteiger partial charge >= 0.3 is 0 Å². The molecule has 0 bridgehead atoms. The first-order chi connectivity index (χ1) is 7.73. The first-order valence-corrected chi connectivity index (χ1v) is 5.93. The zero-order chi connectivity index (χ0) is 11.6. The molecule has 1 aliphatic rings. The molecule has 0 radical (unpaired) electrons. The first-order valence-electron chi connectivity index (χ1n) is 5.93. The van der Waals surface area contributed by atoms with Crippen LogP contribution in [0, 0.1) is 17.2 Å². The molecular weight excluding hydrogens is 198 g/mol. The van der Waals surface area contributed by atoms with Gasteiger partial charge in [0.1, 0.15) is 5.75 Å². The molecule has 0 spiro atoms. The first kappa shape index (κ1) is 11.0. The molecule has 1 aliphatic carbocycles. The SMILES string of the molecule is CCCC[C@H]1C[C@@]1(C#N)c1ccc(O)cc1. The van der Waals surface area contributed by atoms with Gasteiger partial charge in [-0.2, -0.15) is 5.26 Å². The molecule has 0 amide bonds. The monoisotopic (exact) mass is 215 g/mol. The minimum Gasteiger partial charge on any atom is -0.508 e. The zero-order valence-corrected chi connectivity index (χ0v) is 9.61. The van der Waals surface area contributed by atoms with Gasteiger partial charge in [0.05, 0.1) is 11.5 Å². The van der Waals surface area contributed by atoms with Gasteiger partial charge < -0.3 is 5.11 Å². The molecule has 2 atom stereocenters. The van der Waals surface area contributed by atoms with Gasteiger partial charge in [0.2, 0.25) is 0 Å². The van der Waals surface area contributed by atoms with Crippen molar-refractivity contribution in [2.45, 2.75) is 38.0 Å². The summed E-state index contributed by atoms with van der Waals surface area (Å²) in [7, 11) is 0. The summed E-state index contributed by atoms with van der Waals surface area (Å²) in [5, 5.41) is 18.6. The Morgan fingerprint density at radius 2 is 2.12 bits per heavy atom. The summed E-state index contributed by atoms with van der Waals surface area (Å²) >= 11 is 0. The average molecular weight is 215 g/mol. The molecule has 84 valence electrons. The van der Waals surface area contributed by atoms with Crippen LogP contribution in [0.2, 0.25) is 0 Å². The van der Waals surface area contributed by atoms with Crippen molar-refractivity contribution in [1.29, 1.82) is 5.26 Å². The van der Waals surface area contributed by atoms with Crippen molar-refractivity contribution in [3.8, 4) is 11.8 Å². The number of hydrogen-bond acceptors (Lipinski definition) is 2. The Morgan fingerprint density at radius 3 is 2.69 bits per heavy atom. The molecule has 0 unspecified atom stereocenters. The molecule has 2 heteroatoms. The minimum atomic E-state index is -0.261. The van der Waals surface area contributed by atoms with Gasteiger partial charge in [-0.3, -0.25) is 0 Å². The van der Waals surface area contributed by atoms with Gasteiger partial charge in [0.25, 0.3) is 0 Å². The molecule has 2 rings (SSSR count). The molecule has 0 saturated heterocycles. The third-order valence-corrected chi connectivity index (χ3v) is 3.59. The van der Waals surface area contributed by atoms with Crippen LogP contribution >= 0.6 is 0 Å². The summed E-state index contributed by atoms with van der Waals surface area (Å²) in [6.07, 6.45) is 4.51. The van der Waals surface area contributed by atoms with E-state index in [0.29, 0.717) is 5.92 Å². The number of phenolic OH excluding ortho intramolecular Hbond substituents is 1. The van der Waals surface area contributed by atoms with E-state index in [9.17, 15) is 10.4 Å². The number of nitriles is 1. The number of phenols is 1. The third-order valence-electron chi connectivity index (χ3n) is 3.59. The maximum Gasteiger partial charge on any atom is 0.115 e. The molecule has 0 aromatic heterocycles. The molecule has 0 heterocycles. The maximum absolute atomic E-state index is 9.34. The summed E-state index contributed by atoms with van der Waals surface area (Å²) in [4.78, 5) is 0. The van der Waals surface area contributed by atoms with Crippen molar-refractivity contribution < 1.29 is 5.11 Å². The topological polar surface area (TPSA) is 44.0 Å². The molecule has 1 fully saturated rings. The molecule has 16 heavy (non-hydrogen) atoms. The van der Waals surface area contributed by atoms with E-state index in [-0.39, 0.29) is 11.2 Å². The number of unbranched alkanes of at least 4 members (excludes halogenated alkanes) is 1. The second kappa shape index (κ2) is 4.17. The average Bonchev–Trinajstić information content (AvgIpc) is 3.02. The fraction of sp³-hybridized carbons (Fsp3) is 0.500. The van der Waals surface area contributed by atoms with Crippen LogP contribution in [0.15, 0.2) is 24.3 Å². The molecule has 1 saturated carbocycles. The van der Waals surface area contributed by atoms with Gasteiger partial charge in [-0.05, 0) is 36.5 Å². The number of aromatic hydroxyl groups is 1. The number of nitrogens with zero attached hydrogens (tertiary/aromatic N) is 1. The largest absolute Gasteiger partial charge is 0.508 e. The third kappa shape index (κ3) is 1.78. The highest BCUT2D eigenvalue weighted by Gasteiger charge is 2.55. The van der Waals surface area contributed by atoms with E-state index >= 15 is 0 Å². The summed E-state index contributed by atoms with van der Waals surface area (Å²) in [5.74, 6) is 0.782. The van der Waals surface area contributed by atoms with Gasteiger partial charge in [-0.1, -0.05) is 31.9 Å². The Balaban J connectivity index is 2.13. The predicted octanol–water partition coefficient (Wildman–Crippen LogP) is 3.36. The second-order valence-corrected chi connectivity index (χ2v) is 4.67. The fourth-order valence-electron chi connectivity index (χ4n) is 2.44. The molecule has 2 nitrogen and oxygen atoms in total. The number of hydrogen-bond donors (Lipinski definition) is 1. The molecular formula is C14H17NO. The normalized spacial score (nSPS) is 27.4. The highest BCUT2D eigenvalue weighted by molar-refractivity contribution is 5.43. The Morgan fingerprint density at radius 1 is 1.44 bits per heavy atom. The molecule has 1 aromatic rings. The van der Waals surface area contributed by atoms with E-state index < -0.39 is 0 Å². The Kier molecular flexibility index (Phi) is 2.87. The van der Waals surface area contributed by atoms with Gasteiger partial charge in [-0.25, -0.2) is 0 Å².